The fourth-order valence-corrected chi connectivity index (χ4v) is 2.92. The van der Waals surface area contributed by atoms with Gasteiger partial charge >= 0.3 is 0 Å². The average Bonchev–Trinajstić information content (AvgIpc) is 2.63. The quantitative estimate of drug-likeness (QED) is 0.544. The van der Waals surface area contributed by atoms with Crippen LogP contribution in [-0.2, 0) is 6.42 Å². The number of nitrogen functional groups attached to an aromatic ring is 1. The van der Waals surface area contributed by atoms with E-state index in [2.05, 4.69) is 6.92 Å². The highest BCUT2D eigenvalue weighted by Gasteiger charge is 2.26. The SMILES string of the molecule is CCCCc1cc(-c2ccccc2)c(F)c(-c2ccccc2)[n+]1N. The van der Waals surface area contributed by atoms with Crippen molar-refractivity contribution in [3.63, 3.8) is 0 Å². The van der Waals surface area contributed by atoms with Crippen LogP contribution < -0.4 is 10.5 Å². The number of hydrogen-bond donors (Lipinski definition) is 1. The standard InChI is InChI=1S/C21H22FN2/c1-2-3-14-18-15-19(16-10-6-4-7-11-16)20(22)21(24(18)23)17-12-8-5-9-13-17/h4-13,15H,2-3,14,23H2,1H3/q+1. The van der Waals surface area contributed by atoms with Crippen LogP contribution >= 0.6 is 0 Å². The van der Waals surface area contributed by atoms with Gasteiger partial charge in [0.05, 0.1) is 5.56 Å². The highest BCUT2D eigenvalue weighted by atomic mass is 19.1. The van der Waals surface area contributed by atoms with Gasteiger partial charge in [-0.05, 0) is 24.1 Å². The molecular formula is C21H22FN2+. The van der Waals surface area contributed by atoms with E-state index in [1.807, 2.05) is 66.7 Å². The molecule has 2 N–H and O–H groups in total. The molecule has 0 atom stereocenters. The van der Waals surface area contributed by atoms with Gasteiger partial charge in [-0.15, -0.1) is 0 Å². The Hall–Kier alpha value is -2.68. The van der Waals surface area contributed by atoms with Crippen molar-refractivity contribution in [1.82, 2.24) is 0 Å². The summed E-state index contributed by atoms with van der Waals surface area (Å²) in [6.07, 6.45) is 2.91. The summed E-state index contributed by atoms with van der Waals surface area (Å²) in [7, 11) is 0. The van der Waals surface area contributed by atoms with E-state index in [9.17, 15) is 0 Å². The second-order valence-electron chi connectivity index (χ2n) is 5.92. The van der Waals surface area contributed by atoms with Crippen molar-refractivity contribution in [2.45, 2.75) is 26.2 Å². The van der Waals surface area contributed by atoms with E-state index in [-0.39, 0.29) is 5.82 Å². The zero-order chi connectivity index (χ0) is 16.9. The molecule has 0 fully saturated rings. The van der Waals surface area contributed by atoms with Crippen LogP contribution in [0.25, 0.3) is 22.4 Å². The van der Waals surface area contributed by atoms with Crippen LogP contribution in [0.4, 0.5) is 4.39 Å². The van der Waals surface area contributed by atoms with Crippen molar-refractivity contribution in [3.8, 4) is 22.4 Å². The Morgan fingerprint density at radius 1 is 0.917 bits per heavy atom. The van der Waals surface area contributed by atoms with Crippen molar-refractivity contribution in [2.75, 3.05) is 5.84 Å². The van der Waals surface area contributed by atoms with Crippen LogP contribution in [0.15, 0.2) is 66.7 Å². The van der Waals surface area contributed by atoms with Gasteiger partial charge in [-0.1, -0.05) is 66.6 Å². The van der Waals surface area contributed by atoms with E-state index in [1.54, 1.807) is 0 Å². The number of hydrogen-bond acceptors (Lipinski definition) is 1. The summed E-state index contributed by atoms with van der Waals surface area (Å²) in [4.78, 5) is 0. The van der Waals surface area contributed by atoms with E-state index in [0.29, 0.717) is 11.3 Å². The van der Waals surface area contributed by atoms with Crippen molar-refractivity contribution in [3.05, 3.63) is 78.2 Å². The molecular weight excluding hydrogens is 299 g/mol. The fraction of sp³-hybridized carbons (Fsp3) is 0.190. The minimum absolute atomic E-state index is 0.282. The Labute approximate surface area is 142 Å². The van der Waals surface area contributed by atoms with Crippen LogP contribution in [0.1, 0.15) is 25.5 Å². The first-order chi connectivity index (χ1) is 11.7. The topological polar surface area (TPSA) is 29.9 Å². The van der Waals surface area contributed by atoms with Crippen molar-refractivity contribution in [1.29, 1.82) is 0 Å². The Balaban J connectivity index is 2.23. The molecule has 0 spiro atoms. The molecule has 1 aromatic heterocycles. The first-order valence-corrected chi connectivity index (χ1v) is 8.35. The third-order valence-corrected chi connectivity index (χ3v) is 4.22. The molecule has 3 heteroatoms. The number of halogens is 1. The predicted molar refractivity (Wildman–Crippen MR) is 96.2 cm³/mol. The number of benzene rings is 2. The molecule has 24 heavy (non-hydrogen) atoms. The second kappa shape index (κ2) is 7.26. The number of nitrogens with two attached hydrogens (primary N) is 1. The molecule has 0 radical (unpaired) electrons. The highest BCUT2D eigenvalue weighted by molar-refractivity contribution is 5.70. The zero-order valence-corrected chi connectivity index (χ0v) is 13.9. The van der Waals surface area contributed by atoms with Crippen molar-refractivity contribution in [2.24, 2.45) is 0 Å². The molecule has 1 heterocycles. The van der Waals surface area contributed by atoms with Crippen LogP contribution in [0.5, 0.6) is 0 Å². The van der Waals surface area contributed by atoms with Gasteiger partial charge in [0.2, 0.25) is 11.5 Å². The number of pyridine rings is 1. The fourth-order valence-electron chi connectivity index (χ4n) is 2.92. The molecule has 0 amide bonds. The van der Waals surface area contributed by atoms with E-state index in [0.717, 1.165) is 36.1 Å². The normalized spacial score (nSPS) is 10.8. The number of aryl methyl sites for hydroxylation is 1. The number of unbranched alkanes of at least 4 members (excludes halogenated alkanes) is 1. The van der Waals surface area contributed by atoms with Crippen LogP contribution in [0, 0.1) is 5.82 Å². The number of rotatable bonds is 5. The van der Waals surface area contributed by atoms with Gasteiger partial charge in [0, 0.05) is 18.1 Å². The molecule has 0 saturated carbocycles. The first kappa shape index (κ1) is 16.2. The van der Waals surface area contributed by atoms with Crippen LogP contribution in [0.2, 0.25) is 0 Å². The summed E-state index contributed by atoms with van der Waals surface area (Å²) in [6.45, 7) is 2.14. The predicted octanol–water partition coefficient (Wildman–Crippen LogP) is 4.50. The summed E-state index contributed by atoms with van der Waals surface area (Å²) in [6, 6.07) is 21.0. The summed E-state index contributed by atoms with van der Waals surface area (Å²) in [5.74, 6) is 6.00. The van der Waals surface area contributed by atoms with Crippen LogP contribution in [0.3, 0.4) is 0 Å². The van der Waals surface area contributed by atoms with Gasteiger partial charge in [0.25, 0.3) is 5.69 Å². The summed E-state index contributed by atoms with van der Waals surface area (Å²) in [5.41, 5.74) is 3.62. The summed E-state index contributed by atoms with van der Waals surface area (Å²) >= 11 is 0. The largest absolute Gasteiger partial charge is 0.278 e. The Kier molecular flexibility index (Phi) is 4.90. The molecule has 0 aliphatic carbocycles. The molecule has 0 bridgehead atoms. The van der Waals surface area contributed by atoms with E-state index >= 15 is 4.39 Å². The second-order valence-corrected chi connectivity index (χ2v) is 5.92. The lowest BCUT2D eigenvalue weighted by atomic mass is 9.99. The molecule has 2 aromatic carbocycles. The average molecular weight is 321 g/mol. The van der Waals surface area contributed by atoms with Gasteiger partial charge in [-0.25, -0.2) is 5.84 Å². The lowest BCUT2D eigenvalue weighted by Crippen LogP contribution is -2.51. The van der Waals surface area contributed by atoms with Gasteiger partial charge in [0.1, 0.15) is 0 Å². The van der Waals surface area contributed by atoms with E-state index in [4.69, 9.17) is 5.84 Å². The first-order valence-electron chi connectivity index (χ1n) is 8.35. The zero-order valence-electron chi connectivity index (χ0n) is 13.9. The van der Waals surface area contributed by atoms with Crippen molar-refractivity contribution < 1.29 is 9.07 Å². The maximum Gasteiger partial charge on any atom is 0.278 e. The minimum Gasteiger partial charge on any atom is -0.204 e. The molecule has 0 unspecified atom stereocenters. The van der Waals surface area contributed by atoms with Crippen molar-refractivity contribution >= 4 is 0 Å². The van der Waals surface area contributed by atoms with Gasteiger partial charge in [0.15, 0.2) is 0 Å². The third-order valence-electron chi connectivity index (χ3n) is 4.22. The number of nitrogens with zero attached hydrogens (tertiary/aromatic N) is 1. The summed E-state index contributed by atoms with van der Waals surface area (Å²) in [5, 5.41) is 0. The van der Waals surface area contributed by atoms with E-state index in [1.165, 1.54) is 4.68 Å². The maximum absolute atomic E-state index is 15.3. The molecule has 3 rings (SSSR count). The monoisotopic (exact) mass is 321 g/mol. The lowest BCUT2D eigenvalue weighted by molar-refractivity contribution is -0.637. The van der Waals surface area contributed by atoms with Crippen LogP contribution in [-0.4, -0.2) is 0 Å². The Morgan fingerprint density at radius 2 is 1.50 bits per heavy atom. The molecule has 0 aliphatic rings. The van der Waals surface area contributed by atoms with E-state index < -0.39 is 0 Å². The minimum atomic E-state index is -0.282. The molecule has 0 saturated heterocycles. The van der Waals surface area contributed by atoms with Gasteiger partial charge < -0.3 is 0 Å². The lowest BCUT2D eigenvalue weighted by Gasteiger charge is -2.10. The Morgan fingerprint density at radius 3 is 2.08 bits per heavy atom. The maximum atomic E-state index is 15.3. The van der Waals surface area contributed by atoms with Gasteiger partial charge in [-0.2, -0.15) is 4.39 Å². The smallest absolute Gasteiger partial charge is 0.204 e. The number of aromatic nitrogens is 1. The highest BCUT2D eigenvalue weighted by Crippen LogP contribution is 2.29. The molecule has 122 valence electrons. The van der Waals surface area contributed by atoms with Gasteiger partial charge in [-0.3, -0.25) is 0 Å². The molecule has 2 nitrogen and oxygen atoms in total. The molecule has 0 aliphatic heterocycles. The Bertz CT molecular complexity index is 814. The molecule has 3 aromatic rings. The summed E-state index contributed by atoms with van der Waals surface area (Å²) < 4.78 is 16.8. The third kappa shape index (κ3) is 3.16.